The first-order valence-electron chi connectivity index (χ1n) is 7.67. The fourth-order valence-electron chi connectivity index (χ4n) is 2.43. The van der Waals surface area contributed by atoms with Crippen LogP contribution in [0.3, 0.4) is 0 Å². The van der Waals surface area contributed by atoms with Crippen LogP contribution in [-0.4, -0.2) is 15.9 Å². The fraction of sp³-hybridized carbons (Fsp3) is 0.389. The van der Waals surface area contributed by atoms with Crippen molar-refractivity contribution in [2.45, 2.75) is 40.2 Å². The summed E-state index contributed by atoms with van der Waals surface area (Å²) in [4.78, 5) is 31.2. The fourth-order valence-corrected chi connectivity index (χ4v) is 2.43. The van der Waals surface area contributed by atoms with Crippen LogP contribution >= 0.6 is 0 Å². The third-order valence-corrected chi connectivity index (χ3v) is 3.51. The summed E-state index contributed by atoms with van der Waals surface area (Å²) >= 11 is 0. The molecule has 122 valence electrons. The van der Waals surface area contributed by atoms with E-state index in [1.807, 2.05) is 12.1 Å². The van der Waals surface area contributed by atoms with E-state index in [2.05, 4.69) is 36.1 Å². The average Bonchev–Trinajstić information content (AvgIpc) is 2.46. The van der Waals surface area contributed by atoms with Crippen LogP contribution in [0.4, 0.5) is 0 Å². The average molecular weight is 313 g/mol. The second-order valence-electron chi connectivity index (χ2n) is 6.96. The van der Waals surface area contributed by atoms with Crippen molar-refractivity contribution in [2.24, 2.45) is 5.41 Å². The third-order valence-electron chi connectivity index (χ3n) is 3.51. The first-order chi connectivity index (χ1) is 10.8. The molecule has 0 fully saturated rings. The number of carbonyl (C=O) groups is 1. The van der Waals surface area contributed by atoms with Crippen LogP contribution < -0.4 is 10.9 Å². The van der Waals surface area contributed by atoms with E-state index in [4.69, 9.17) is 0 Å². The molecule has 0 spiro atoms. The highest BCUT2D eigenvalue weighted by Gasteiger charge is 2.23. The predicted molar refractivity (Wildman–Crippen MR) is 90.3 cm³/mol. The third kappa shape index (κ3) is 4.77. The van der Waals surface area contributed by atoms with Gasteiger partial charge in [0.25, 0.3) is 11.5 Å². The van der Waals surface area contributed by atoms with Crippen LogP contribution in [0.25, 0.3) is 0 Å². The molecule has 5 heteroatoms. The van der Waals surface area contributed by atoms with Gasteiger partial charge >= 0.3 is 0 Å². The molecule has 2 aromatic heterocycles. The van der Waals surface area contributed by atoms with Gasteiger partial charge in [0, 0.05) is 18.1 Å². The first-order valence-corrected chi connectivity index (χ1v) is 7.67. The number of hydrogen-bond acceptors (Lipinski definition) is 3. The number of nitrogens with zero attached hydrogens (tertiary/aromatic N) is 1. The van der Waals surface area contributed by atoms with Crippen molar-refractivity contribution in [2.75, 3.05) is 0 Å². The molecule has 5 nitrogen and oxygen atoms in total. The zero-order chi connectivity index (χ0) is 17.0. The lowest BCUT2D eigenvalue weighted by Gasteiger charge is -2.27. The van der Waals surface area contributed by atoms with E-state index in [-0.39, 0.29) is 28.5 Å². The largest absolute Gasteiger partial charge is 0.345 e. The smallest absolute Gasteiger partial charge is 0.260 e. The minimum atomic E-state index is -0.372. The highest BCUT2D eigenvalue weighted by atomic mass is 16.2. The molecule has 23 heavy (non-hydrogen) atoms. The number of pyridine rings is 2. The van der Waals surface area contributed by atoms with Gasteiger partial charge in [-0.1, -0.05) is 26.8 Å². The van der Waals surface area contributed by atoms with Gasteiger partial charge in [0.15, 0.2) is 0 Å². The number of nitrogens with one attached hydrogen (secondary N) is 2. The summed E-state index contributed by atoms with van der Waals surface area (Å²) in [5.74, 6) is -0.371. The van der Waals surface area contributed by atoms with E-state index >= 15 is 0 Å². The molecular weight excluding hydrogens is 290 g/mol. The van der Waals surface area contributed by atoms with Crippen LogP contribution in [0.1, 0.15) is 54.8 Å². The number of rotatable bonds is 4. The van der Waals surface area contributed by atoms with Crippen LogP contribution in [0.5, 0.6) is 0 Å². The Morgan fingerprint density at radius 3 is 2.61 bits per heavy atom. The highest BCUT2D eigenvalue weighted by Crippen LogP contribution is 2.29. The lowest BCUT2D eigenvalue weighted by Crippen LogP contribution is -2.34. The number of H-pyrrole nitrogens is 1. The number of aromatic amines is 1. The Hall–Kier alpha value is -2.43. The van der Waals surface area contributed by atoms with Crippen LogP contribution in [0, 0.1) is 12.3 Å². The highest BCUT2D eigenvalue weighted by molar-refractivity contribution is 5.94. The van der Waals surface area contributed by atoms with Gasteiger partial charge in [0.1, 0.15) is 5.56 Å². The SMILES string of the molecule is Cc1ccc(C(=O)N[C@@H](CC(C)(C)C)c2cccnc2)c(=O)[nH]1. The number of hydrogen-bond donors (Lipinski definition) is 2. The Morgan fingerprint density at radius 1 is 1.30 bits per heavy atom. The number of aromatic nitrogens is 2. The van der Waals surface area contributed by atoms with Crippen LogP contribution in [0.2, 0.25) is 0 Å². The molecule has 0 aliphatic heterocycles. The molecule has 0 bridgehead atoms. The molecule has 0 aliphatic rings. The van der Waals surface area contributed by atoms with E-state index in [0.717, 1.165) is 17.7 Å². The normalized spacial score (nSPS) is 12.7. The monoisotopic (exact) mass is 313 g/mol. The van der Waals surface area contributed by atoms with Crippen molar-refractivity contribution in [3.8, 4) is 0 Å². The molecule has 1 atom stereocenters. The molecule has 0 radical (unpaired) electrons. The van der Waals surface area contributed by atoms with Crippen molar-refractivity contribution in [1.29, 1.82) is 0 Å². The maximum absolute atomic E-state index is 12.5. The molecule has 0 aromatic carbocycles. The number of carbonyl (C=O) groups excluding carboxylic acids is 1. The molecular formula is C18H23N3O2. The van der Waals surface area contributed by atoms with Crippen LogP contribution in [0.15, 0.2) is 41.5 Å². The van der Waals surface area contributed by atoms with E-state index in [9.17, 15) is 9.59 Å². The summed E-state index contributed by atoms with van der Waals surface area (Å²) in [6, 6.07) is 6.86. The predicted octanol–water partition coefficient (Wildman–Crippen LogP) is 2.99. The molecule has 2 heterocycles. The summed E-state index contributed by atoms with van der Waals surface area (Å²) in [5.41, 5.74) is 1.43. The quantitative estimate of drug-likeness (QED) is 0.911. The maximum atomic E-state index is 12.5. The standard InChI is InChI=1S/C18H23N3O2/c1-12-7-8-14(16(22)20-12)17(23)21-15(10-18(2,3)4)13-6-5-9-19-11-13/h5-9,11,15H,10H2,1-4H3,(H,20,22)(H,21,23)/t15-/m0/s1. The second kappa shape index (κ2) is 6.77. The maximum Gasteiger partial charge on any atom is 0.260 e. The van der Waals surface area contributed by atoms with E-state index in [0.29, 0.717) is 0 Å². The Morgan fingerprint density at radius 2 is 2.04 bits per heavy atom. The van der Waals surface area contributed by atoms with Crippen LogP contribution in [-0.2, 0) is 0 Å². The summed E-state index contributed by atoms with van der Waals surface area (Å²) in [5, 5.41) is 2.97. The lowest BCUT2D eigenvalue weighted by atomic mass is 9.85. The topological polar surface area (TPSA) is 74.8 Å². The van der Waals surface area contributed by atoms with Gasteiger partial charge in [-0.25, -0.2) is 0 Å². The van der Waals surface area contributed by atoms with Gasteiger partial charge in [-0.2, -0.15) is 0 Å². The van der Waals surface area contributed by atoms with Crippen molar-refractivity contribution < 1.29 is 4.79 Å². The van der Waals surface area contributed by atoms with Crippen molar-refractivity contribution in [1.82, 2.24) is 15.3 Å². The Balaban J connectivity index is 2.27. The molecule has 0 aliphatic carbocycles. The number of aryl methyl sites for hydroxylation is 1. The summed E-state index contributed by atoms with van der Waals surface area (Å²) < 4.78 is 0. The molecule has 2 N–H and O–H groups in total. The molecule has 2 aromatic rings. The van der Waals surface area contributed by atoms with Gasteiger partial charge in [0.05, 0.1) is 6.04 Å². The van der Waals surface area contributed by atoms with Gasteiger partial charge < -0.3 is 10.3 Å². The number of amides is 1. The summed E-state index contributed by atoms with van der Waals surface area (Å²) in [7, 11) is 0. The summed E-state index contributed by atoms with van der Waals surface area (Å²) in [6.45, 7) is 8.12. The second-order valence-corrected chi connectivity index (χ2v) is 6.96. The Labute approximate surface area is 136 Å². The van der Waals surface area contributed by atoms with E-state index in [1.54, 1.807) is 31.5 Å². The Bertz CT molecular complexity index is 730. The summed E-state index contributed by atoms with van der Waals surface area (Å²) in [6.07, 6.45) is 4.19. The first kappa shape index (κ1) is 16.9. The molecule has 0 unspecified atom stereocenters. The lowest BCUT2D eigenvalue weighted by molar-refractivity contribution is 0.0924. The van der Waals surface area contributed by atoms with E-state index < -0.39 is 0 Å². The minimum Gasteiger partial charge on any atom is -0.345 e. The van der Waals surface area contributed by atoms with Crippen molar-refractivity contribution >= 4 is 5.91 Å². The molecule has 2 rings (SSSR count). The minimum absolute atomic E-state index is 0.0213. The Kier molecular flexibility index (Phi) is 4.98. The van der Waals surface area contributed by atoms with E-state index in [1.165, 1.54) is 0 Å². The van der Waals surface area contributed by atoms with Gasteiger partial charge in [-0.3, -0.25) is 14.6 Å². The van der Waals surface area contributed by atoms with Gasteiger partial charge in [-0.05, 0) is 42.5 Å². The van der Waals surface area contributed by atoms with Crippen molar-refractivity contribution in [3.05, 3.63) is 63.8 Å². The molecule has 0 saturated carbocycles. The molecule has 1 amide bonds. The van der Waals surface area contributed by atoms with Gasteiger partial charge in [-0.15, -0.1) is 0 Å². The zero-order valence-corrected chi connectivity index (χ0v) is 14.0. The van der Waals surface area contributed by atoms with Crippen molar-refractivity contribution in [3.63, 3.8) is 0 Å². The van der Waals surface area contributed by atoms with Gasteiger partial charge in [0.2, 0.25) is 0 Å². The molecule has 0 saturated heterocycles. The zero-order valence-electron chi connectivity index (χ0n) is 14.0.